The van der Waals surface area contributed by atoms with Crippen LogP contribution in [0.15, 0.2) is 58.0 Å². The lowest BCUT2D eigenvalue weighted by atomic mass is 9.99. The summed E-state index contributed by atoms with van der Waals surface area (Å²) in [7, 11) is 0. The Morgan fingerprint density at radius 2 is 1.89 bits per heavy atom. The van der Waals surface area contributed by atoms with E-state index in [0.29, 0.717) is 33.5 Å². The molecule has 5 rings (SSSR count). The number of hydrogen-bond donors (Lipinski definition) is 2. The minimum Gasteiger partial charge on any atom is -0.476 e. The van der Waals surface area contributed by atoms with Crippen molar-refractivity contribution in [1.82, 2.24) is 14.4 Å². The monoisotopic (exact) mass is 502 g/mol. The van der Waals surface area contributed by atoms with E-state index in [9.17, 15) is 14.7 Å². The Kier molecular flexibility index (Phi) is 5.76. The lowest BCUT2D eigenvalue weighted by Gasteiger charge is -2.19. The van der Waals surface area contributed by atoms with E-state index in [2.05, 4.69) is 15.3 Å². The first-order valence-corrected chi connectivity index (χ1v) is 11.7. The third-order valence-electron chi connectivity index (χ3n) is 6.13. The van der Waals surface area contributed by atoms with Gasteiger partial charge in [-0.15, -0.1) is 0 Å². The molecule has 9 heteroatoms. The van der Waals surface area contributed by atoms with Crippen molar-refractivity contribution in [2.45, 2.75) is 33.7 Å². The average molecular weight is 503 g/mol. The number of fused-ring (bicyclic) bond motifs is 2. The number of nitrogens with zero attached hydrogens (tertiary/aromatic N) is 3. The Bertz CT molecular complexity index is 1740. The fourth-order valence-corrected chi connectivity index (χ4v) is 4.59. The third kappa shape index (κ3) is 4.09. The first kappa shape index (κ1) is 23.6. The molecule has 36 heavy (non-hydrogen) atoms. The highest BCUT2D eigenvalue weighted by atomic mass is 35.5. The number of pyridine rings is 2. The van der Waals surface area contributed by atoms with E-state index in [-0.39, 0.29) is 16.3 Å². The van der Waals surface area contributed by atoms with Gasteiger partial charge >= 0.3 is 5.97 Å². The number of benzene rings is 1. The number of carboxylic acids is 1. The third-order valence-corrected chi connectivity index (χ3v) is 6.34. The van der Waals surface area contributed by atoms with Crippen molar-refractivity contribution in [2.24, 2.45) is 0 Å². The predicted octanol–water partition coefficient (Wildman–Crippen LogP) is 5.95. The maximum Gasteiger partial charge on any atom is 0.356 e. The van der Waals surface area contributed by atoms with Crippen LogP contribution in [0.25, 0.3) is 27.9 Å². The highest BCUT2D eigenvalue weighted by Crippen LogP contribution is 2.33. The lowest BCUT2D eigenvalue weighted by molar-refractivity contribution is 0.0691. The van der Waals surface area contributed by atoms with E-state index >= 15 is 0 Å². The largest absolute Gasteiger partial charge is 0.476 e. The molecule has 2 N–H and O–H groups in total. The second kappa shape index (κ2) is 8.80. The number of aromatic carboxylic acids is 1. The number of carboxylic acid groups (broad SMARTS) is 1. The van der Waals surface area contributed by atoms with E-state index in [1.54, 1.807) is 13.0 Å². The van der Waals surface area contributed by atoms with E-state index in [0.717, 1.165) is 22.5 Å². The molecule has 0 bridgehead atoms. The highest BCUT2D eigenvalue weighted by Gasteiger charge is 2.21. The van der Waals surface area contributed by atoms with Crippen molar-refractivity contribution in [3.05, 3.63) is 92.2 Å². The van der Waals surface area contributed by atoms with Gasteiger partial charge in [0.2, 0.25) is 0 Å². The summed E-state index contributed by atoms with van der Waals surface area (Å²) in [5.74, 6) is -0.728. The number of anilines is 1. The quantitative estimate of drug-likeness (QED) is 0.285. The van der Waals surface area contributed by atoms with Gasteiger partial charge in [-0.05, 0) is 63.6 Å². The van der Waals surface area contributed by atoms with E-state index < -0.39 is 12.0 Å². The fraction of sp³-hybridized carbons (Fsp3) is 0.185. The van der Waals surface area contributed by atoms with Gasteiger partial charge in [0.15, 0.2) is 11.1 Å². The molecule has 8 nitrogen and oxygen atoms in total. The van der Waals surface area contributed by atoms with Crippen LogP contribution < -0.4 is 10.7 Å². The first-order valence-electron chi connectivity index (χ1n) is 11.3. The van der Waals surface area contributed by atoms with Crippen molar-refractivity contribution in [2.75, 3.05) is 5.32 Å². The van der Waals surface area contributed by atoms with E-state index in [4.69, 9.17) is 16.0 Å². The topological polar surface area (TPSA) is 110 Å². The molecule has 0 aliphatic heterocycles. The number of imidazole rings is 1. The van der Waals surface area contributed by atoms with Gasteiger partial charge < -0.3 is 19.2 Å². The van der Waals surface area contributed by atoms with Crippen molar-refractivity contribution in [3.8, 4) is 11.3 Å². The van der Waals surface area contributed by atoms with Gasteiger partial charge in [-0.3, -0.25) is 4.79 Å². The molecule has 0 aliphatic carbocycles. The van der Waals surface area contributed by atoms with Gasteiger partial charge in [0, 0.05) is 29.1 Å². The molecule has 0 amide bonds. The smallest absolute Gasteiger partial charge is 0.356 e. The molecule has 0 aliphatic rings. The van der Waals surface area contributed by atoms with Gasteiger partial charge in [0.05, 0.1) is 22.8 Å². The molecule has 0 radical (unpaired) electrons. The molecule has 4 aromatic heterocycles. The minimum atomic E-state index is -1.20. The molecule has 0 saturated carbocycles. The Morgan fingerprint density at radius 1 is 1.11 bits per heavy atom. The normalized spacial score (nSPS) is 12.2. The summed E-state index contributed by atoms with van der Waals surface area (Å²) >= 11 is 5.90. The van der Waals surface area contributed by atoms with Crippen molar-refractivity contribution in [3.63, 3.8) is 0 Å². The molecule has 1 unspecified atom stereocenters. The SMILES string of the molecule is Cc1cc(C(C)Nc2ccc(Cl)nc2C(=O)O)c2oc(-c3ccc4nc(C)cn4c3)c(C)c(=O)c2c1. The minimum absolute atomic E-state index is 0.0859. The lowest BCUT2D eigenvalue weighted by Crippen LogP contribution is -2.14. The molecule has 1 atom stereocenters. The Labute approximate surface area is 211 Å². The Balaban J connectivity index is 1.67. The maximum atomic E-state index is 13.5. The number of hydrogen-bond acceptors (Lipinski definition) is 6. The summed E-state index contributed by atoms with van der Waals surface area (Å²) in [4.78, 5) is 33.5. The second-order valence-corrected chi connectivity index (χ2v) is 9.27. The Morgan fingerprint density at radius 3 is 2.64 bits per heavy atom. The molecule has 0 saturated heterocycles. The molecular formula is C27H23ClN4O4. The zero-order chi connectivity index (χ0) is 25.7. The molecule has 0 fully saturated rings. The summed E-state index contributed by atoms with van der Waals surface area (Å²) < 4.78 is 8.33. The second-order valence-electron chi connectivity index (χ2n) is 8.88. The number of carbonyl (C=O) groups is 1. The average Bonchev–Trinajstić information content (AvgIpc) is 3.21. The van der Waals surface area contributed by atoms with Crippen LogP contribution in [0, 0.1) is 20.8 Å². The van der Waals surface area contributed by atoms with Crippen LogP contribution >= 0.6 is 11.6 Å². The van der Waals surface area contributed by atoms with E-state index in [1.807, 2.05) is 61.8 Å². The molecular weight excluding hydrogens is 480 g/mol. The van der Waals surface area contributed by atoms with Crippen molar-refractivity contribution in [1.29, 1.82) is 0 Å². The molecule has 182 valence electrons. The summed E-state index contributed by atoms with van der Waals surface area (Å²) in [6.45, 7) is 7.45. The number of aryl methyl sites for hydroxylation is 2. The predicted molar refractivity (Wildman–Crippen MR) is 139 cm³/mol. The van der Waals surface area contributed by atoms with Gasteiger partial charge in [-0.2, -0.15) is 0 Å². The zero-order valence-corrected chi connectivity index (χ0v) is 20.8. The summed E-state index contributed by atoms with van der Waals surface area (Å²) in [6.07, 6.45) is 3.80. The van der Waals surface area contributed by atoms with Gasteiger partial charge in [0.25, 0.3) is 0 Å². The van der Waals surface area contributed by atoms with Crippen molar-refractivity contribution >= 4 is 39.9 Å². The summed E-state index contributed by atoms with van der Waals surface area (Å²) in [5, 5.41) is 13.3. The van der Waals surface area contributed by atoms with Gasteiger partial charge in [-0.25, -0.2) is 14.8 Å². The zero-order valence-electron chi connectivity index (χ0n) is 20.1. The van der Waals surface area contributed by atoms with Crippen molar-refractivity contribution < 1.29 is 14.3 Å². The number of aromatic nitrogens is 3. The molecule has 1 aromatic carbocycles. The van der Waals surface area contributed by atoms with Crippen LogP contribution in [0.1, 0.15) is 45.8 Å². The van der Waals surface area contributed by atoms with Crippen LogP contribution in [0.4, 0.5) is 5.69 Å². The first-order chi connectivity index (χ1) is 17.1. The molecule has 5 aromatic rings. The van der Waals surface area contributed by atoms with E-state index in [1.165, 1.54) is 6.07 Å². The van der Waals surface area contributed by atoms with Crippen LogP contribution in [-0.4, -0.2) is 25.4 Å². The van der Waals surface area contributed by atoms with Gasteiger partial charge in [-0.1, -0.05) is 17.7 Å². The molecule has 4 heterocycles. The standard InChI is InChI=1S/C27H23ClN4O4/c1-13-9-18(16(4)30-20-6-7-21(28)31-23(20)27(34)35)26-19(10-13)24(33)15(3)25(36-26)17-5-8-22-29-14(2)11-32(22)12-17/h5-12,16,30H,1-4H3,(H,34,35). The number of rotatable bonds is 5. The van der Waals surface area contributed by atoms with Gasteiger partial charge in [0.1, 0.15) is 22.1 Å². The fourth-order valence-electron chi connectivity index (χ4n) is 4.44. The number of nitrogens with one attached hydrogen (secondary N) is 1. The Hall–Kier alpha value is -4.17. The summed E-state index contributed by atoms with van der Waals surface area (Å²) in [5.41, 5.74) is 4.98. The van der Waals surface area contributed by atoms with Crippen LogP contribution in [0.3, 0.4) is 0 Å². The summed E-state index contributed by atoms with van der Waals surface area (Å²) in [6, 6.07) is 10.2. The number of halogens is 1. The van der Waals surface area contributed by atoms with Crippen LogP contribution in [-0.2, 0) is 0 Å². The van der Waals surface area contributed by atoms with Crippen LogP contribution in [0.2, 0.25) is 5.15 Å². The maximum absolute atomic E-state index is 13.5. The molecule has 0 spiro atoms. The highest BCUT2D eigenvalue weighted by molar-refractivity contribution is 6.29. The van der Waals surface area contributed by atoms with Crippen LogP contribution in [0.5, 0.6) is 0 Å².